The number of nitrogens with one attached hydrogen (secondary N) is 1. The highest BCUT2D eigenvalue weighted by Crippen LogP contribution is 2.18. The van der Waals surface area contributed by atoms with Crippen LogP contribution in [0.25, 0.3) is 0 Å². The third-order valence-corrected chi connectivity index (χ3v) is 16.6. The van der Waals surface area contributed by atoms with Crippen molar-refractivity contribution >= 4 is 11.9 Å². The molecule has 1 amide bonds. The Bertz CT molecular complexity index is 1280. The zero-order chi connectivity index (χ0) is 57.1. The summed E-state index contributed by atoms with van der Waals surface area (Å²) < 4.78 is 5.51. The Hall–Kier alpha value is -1.92. The van der Waals surface area contributed by atoms with E-state index in [2.05, 4.69) is 43.5 Å². The zero-order valence-electron chi connectivity index (χ0n) is 53.4. The molecule has 0 aromatic heterocycles. The van der Waals surface area contributed by atoms with E-state index in [0.29, 0.717) is 19.4 Å². The summed E-state index contributed by atoms with van der Waals surface area (Å²) in [5.41, 5.74) is 0. The highest BCUT2D eigenvalue weighted by atomic mass is 16.5. The Kier molecular flexibility index (Phi) is 66.9. The fourth-order valence-corrected chi connectivity index (χ4v) is 11.2. The quantitative estimate of drug-likeness (QED) is 0.0320. The SMILES string of the molecule is CCCCCCCC/C=C\CCCCCCCCCCCC(=O)OCCCCCCCCCCCCCC/C=C\CCCCCCCCCCCCCCCCCCC(=O)NC(CO)C(O)/C=C/CCCCCCCCCCC. The van der Waals surface area contributed by atoms with Crippen LogP contribution in [0, 0.1) is 0 Å². The molecule has 0 bridgehead atoms. The Labute approximate surface area is 494 Å². The minimum Gasteiger partial charge on any atom is -0.466 e. The topological polar surface area (TPSA) is 95.9 Å². The average molecular weight is 1110 g/mol. The number of esters is 1. The van der Waals surface area contributed by atoms with Crippen molar-refractivity contribution in [2.24, 2.45) is 0 Å². The standard InChI is InChI=1S/C73H139NO5/c1-3-5-7-9-11-13-15-16-17-18-33-37-40-43-47-51-55-59-63-67-73(78)79-68-64-60-56-52-48-44-41-38-35-32-30-28-26-24-22-20-19-21-23-25-27-29-31-34-36-39-42-46-50-54-58-62-66-72(77)74-70(69-75)71(76)65-61-57-53-49-45-14-12-10-8-6-4-2/h16-17,22,24,61,65,70-71,75-76H,3-15,18-21,23,25-60,62-64,66-69H2,1-2H3,(H,74,77)/b17-16-,24-22-,65-61+. The van der Waals surface area contributed by atoms with Crippen LogP contribution >= 0.6 is 0 Å². The lowest BCUT2D eigenvalue weighted by atomic mass is 10.0. The van der Waals surface area contributed by atoms with Gasteiger partial charge in [0.2, 0.25) is 5.91 Å². The summed E-state index contributed by atoms with van der Waals surface area (Å²) in [7, 11) is 0. The van der Waals surface area contributed by atoms with Crippen molar-refractivity contribution in [1.29, 1.82) is 0 Å². The summed E-state index contributed by atoms with van der Waals surface area (Å²) in [6, 6.07) is -0.624. The molecule has 0 saturated heterocycles. The van der Waals surface area contributed by atoms with Gasteiger partial charge < -0.3 is 20.3 Å². The maximum atomic E-state index is 12.4. The van der Waals surface area contributed by atoms with E-state index in [1.807, 2.05) is 6.08 Å². The van der Waals surface area contributed by atoms with Gasteiger partial charge in [0, 0.05) is 12.8 Å². The Morgan fingerprint density at radius 2 is 0.595 bits per heavy atom. The summed E-state index contributed by atoms with van der Waals surface area (Å²) in [5.74, 6) is -0.0474. The highest BCUT2D eigenvalue weighted by molar-refractivity contribution is 5.76. The average Bonchev–Trinajstić information content (AvgIpc) is 3.45. The van der Waals surface area contributed by atoms with Crippen LogP contribution in [0.15, 0.2) is 36.5 Å². The van der Waals surface area contributed by atoms with E-state index in [0.717, 1.165) is 38.5 Å². The number of amides is 1. The molecule has 0 heterocycles. The molecule has 6 nitrogen and oxygen atoms in total. The van der Waals surface area contributed by atoms with Gasteiger partial charge in [0.15, 0.2) is 0 Å². The lowest BCUT2D eigenvalue weighted by Gasteiger charge is -2.20. The van der Waals surface area contributed by atoms with E-state index in [9.17, 15) is 19.8 Å². The normalized spacial score (nSPS) is 12.7. The first kappa shape index (κ1) is 77.1. The summed E-state index contributed by atoms with van der Waals surface area (Å²) in [6.45, 7) is 4.91. The molecule has 2 atom stereocenters. The molecule has 0 rings (SSSR count). The molecular formula is C73H139NO5. The van der Waals surface area contributed by atoms with Crippen LogP contribution in [-0.2, 0) is 14.3 Å². The number of aliphatic hydroxyl groups is 2. The number of allylic oxidation sites excluding steroid dienone is 5. The largest absolute Gasteiger partial charge is 0.466 e. The molecule has 0 aliphatic heterocycles. The van der Waals surface area contributed by atoms with Gasteiger partial charge >= 0.3 is 5.97 Å². The number of carbonyl (C=O) groups excluding carboxylic acids is 2. The van der Waals surface area contributed by atoms with Gasteiger partial charge in [0.05, 0.1) is 25.4 Å². The molecule has 466 valence electrons. The molecule has 0 saturated carbocycles. The summed E-state index contributed by atoms with van der Waals surface area (Å²) in [6.07, 6.45) is 88.1. The number of aliphatic hydroxyl groups excluding tert-OH is 2. The van der Waals surface area contributed by atoms with Crippen LogP contribution in [-0.4, -0.2) is 47.4 Å². The van der Waals surface area contributed by atoms with E-state index < -0.39 is 12.1 Å². The number of hydrogen-bond donors (Lipinski definition) is 3. The molecule has 79 heavy (non-hydrogen) atoms. The van der Waals surface area contributed by atoms with Gasteiger partial charge in [-0.05, 0) is 83.5 Å². The highest BCUT2D eigenvalue weighted by Gasteiger charge is 2.18. The fraction of sp³-hybridized carbons (Fsp3) is 0.890. The van der Waals surface area contributed by atoms with Crippen LogP contribution in [0.2, 0.25) is 0 Å². The lowest BCUT2D eigenvalue weighted by molar-refractivity contribution is -0.143. The molecule has 0 aliphatic carbocycles. The molecule has 0 fully saturated rings. The van der Waals surface area contributed by atoms with Gasteiger partial charge in [-0.3, -0.25) is 9.59 Å². The second-order valence-electron chi connectivity index (χ2n) is 24.6. The van der Waals surface area contributed by atoms with Crippen LogP contribution in [0.5, 0.6) is 0 Å². The van der Waals surface area contributed by atoms with Crippen LogP contribution in [0.1, 0.15) is 393 Å². The number of unbranched alkanes of at least 4 members (excludes halogenated alkanes) is 52. The van der Waals surface area contributed by atoms with E-state index in [4.69, 9.17) is 4.74 Å². The van der Waals surface area contributed by atoms with Crippen molar-refractivity contribution in [2.75, 3.05) is 13.2 Å². The van der Waals surface area contributed by atoms with Crippen LogP contribution in [0.3, 0.4) is 0 Å². The van der Waals surface area contributed by atoms with Crippen molar-refractivity contribution in [3.8, 4) is 0 Å². The minimum atomic E-state index is -0.841. The smallest absolute Gasteiger partial charge is 0.305 e. The zero-order valence-corrected chi connectivity index (χ0v) is 53.4. The third kappa shape index (κ3) is 65.1. The number of hydrogen-bond acceptors (Lipinski definition) is 5. The van der Waals surface area contributed by atoms with E-state index >= 15 is 0 Å². The van der Waals surface area contributed by atoms with E-state index in [1.54, 1.807) is 6.08 Å². The van der Waals surface area contributed by atoms with Crippen molar-refractivity contribution in [2.45, 2.75) is 405 Å². The first-order chi connectivity index (χ1) is 39.0. The number of rotatable bonds is 67. The van der Waals surface area contributed by atoms with Crippen molar-refractivity contribution in [3.63, 3.8) is 0 Å². The molecule has 0 spiro atoms. The van der Waals surface area contributed by atoms with Crippen molar-refractivity contribution in [1.82, 2.24) is 5.32 Å². The number of ether oxygens (including phenoxy) is 1. The molecule has 0 radical (unpaired) electrons. The summed E-state index contributed by atoms with van der Waals surface area (Å²) in [5, 5.41) is 23.1. The molecule has 0 aromatic rings. The van der Waals surface area contributed by atoms with Crippen molar-refractivity contribution in [3.05, 3.63) is 36.5 Å². The maximum Gasteiger partial charge on any atom is 0.305 e. The lowest BCUT2D eigenvalue weighted by Crippen LogP contribution is -2.45. The molecule has 2 unspecified atom stereocenters. The Morgan fingerprint density at radius 3 is 0.899 bits per heavy atom. The molecule has 0 aliphatic rings. The number of carbonyl (C=O) groups is 2. The Balaban J connectivity index is 3.33. The predicted molar refractivity (Wildman–Crippen MR) is 347 cm³/mol. The monoisotopic (exact) mass is 1110 g/mol. The Morgan fingerprint density at radius 1 is 0.342 bits per heavy atom. The van der Waals surface area contributed by atoms with E-state index in [1.165, 1.54) is 327 Å². The minimum absolute atomic E-state index is 0.0179. The van der Waals surface area contributed by atoms with Gasteiger partial charge in [-0.2, -0.15) is 0 Å². The first-order valence-corrected chi connectivity index (χ1v) is 35.8. The van der Waals surface area contributed by atoms with Gasteiger partial charge in [-0.15, -0.1) is 0 Å². The summed E-state index contributed by atoms with van der Waals surface area (Å²) in [4.78, 5) is 24.6. The van der Waals surface area contributed by atoms with Crippen LogP contribution in [0.4, 0.5) is 0 Å². The van der Waals surface area contributed by atoms with Crippen molar-refractivity contribution < 1.29 is 24.5 Å². The third-order valence-electron chi connectivity index (χ3n) is 16.6. The van der Waals surface area contributed by atoms with Gasteiger partial charge in [-0.1, -0.05) is 333 Å². The fourth-order valence-electron chi connectivity index (χ4n) is 11.2. The summed E-state index contributed by atoms with van der Waals surface area (Å²) >= 11 is 0. The van der Waals surface area contributed by atoms with Gasteiger partial charge in [-0.25, -0.2) is 0 Å². The van der Waals surface area contributed by atoms with Crippen LogP contribution < -0.4 is 5.32 Å². The maximum absolute atomic E-state index is 12.4. The predicted octanol–water partition coefficient (Wildman–Crippen LogP) is 23.1. The first-order valence-electron chi connectivity index (χ1n) is 35.8. The van der Waals surface area contributed by atoms with Gasteiger partial charge in [0.25, 0.3) is 0 Å². The van der Waals surface area contributed by atoms with E-state index in [-0.39, 0.29) is 18.5 Å². The molecule has 6 heteroatoms. The second-order valence-corrected chi connectivity index (χ2v) is 24.6. The molecule has 3 N–H and O–H groups in total. The van der Waals surface area contributed by atoms with Gasteiger partial charge in [0.1, 0.15) is 0 Å². The second kappa shape index (κ2) is 68.6. The molecule has 0 aromatic carbocycles. The molecular weight excluding hydrogens is 971 g/mol.